The third kappa shape index (κ3) is 4.25. The summed E-state index contributed by atoms with van der Waals surface area (Å²) in [5, 5.41) is 2.80. The molecule has 1 atom stereocenters. The van der Waals surface area contributed by atoms with Gasteiger partial charge in [0.15, 0.2) is 0 Å². The zero-order valence-corrected chi connectivity index (χ0v) is 11.6. The van der Waals surface area contributed by atoms with Gasteiger partial charge >= 0.3 is 0 Å². The maximum Gasteiger partial charge on any atom is 0.240 e. The zero-order chi connectivity index (χ0) is 13.6. The molecule has 102 valence electrons. The maximum atomic E-state index is 12.0. The molecule has 0 aromatic carbocycles. The topological polar surface area (TPSA) is 80.3 Å². The molecule has 18 heavy (non-hydrogen) atoms. The van der Waals surface area contributed by atoms with E-state index in [2.05, 4.69) is 15.0 Å². The lowest BCUT2D eigenvalue weighted by atomic mass is 10.4. The number of rotatable bonds is 7. The normalized spacial score (nSPS) is 13.3. The highest BCUT2D eigenvalue weighted by Gasteiger charge is 2.15. The molecule has 0 radical (unpaired) electrons. The zero-order valence-electron chi connectivity index (χ0n) is 10.8. The monoisotopic (exact) mass is 273 g/mol. The second kappa shape index (κ2) is 6.67. The highest BCUT2D eigenvalue weighted by Crippen LogP contribution is 2.11. The summed E-state index contributed by atoms with van der Waals surface area (Å²) in [5.74, 6) is 0.510. The fourth-order valence-corrected chi connectivity index (χ4v) is 2.50. The molecular formula is C11H19N3O3S. The van der Waals surface area contributed by atoms with Crippen LogP contribution in [0.25, 0.3) is 0 Å². The molecule has 0 fully saturated rings. The highest BCUT2D eigenvalue weighted by molar-refractivity contribution is 7.89. The van der Waals surface area contributed by atoms with E-state index >= 15 is 0 Å². The molecule has 0 aliphatic rings. The van der Waals surface area contributed by atoms with Gasteiger partial charge in [-0.3, -0.25) is 0 Å². The second-order valence-corrected chi connectivity index (χ2v) is 5.51. The van der Waals surface area contributed by atoms with E-state index in [0.717, 1.165) is 0 Å². The Balaban J connectivity index is 2.73. The first-order valence-corrected chi connectivity index (χ1v) is 7.23. The van der Waals surface area contributed by atoms with Crippen LogP contribution in [-0.4, -0.2) is 39.7 Å². The molecule has 7 heteroatoms. The van der Waals surface area contributed by atoms with E-state index in [9.17, 15) is 8.42 Å². The van der Waals surface area contributed by atoms with E-state index in [0.29, 0.717) is 12.4 Å². The van der Waals surface area contributed by atoms with Gasteiger partial charge in [0.25, 0.3) is 0 Å². The first-order valence-electron chi connectivity index (χ1n) is 5.74. The van der Waals surface area contributed by atoms with E-state index in [-0.39, 0.29) is 17.5 Å². The number of aromatic nitrogens is 1. The molecule has 1 aromatic heterocycles. The fraction of sp³-hybridized carbons (Fsp3) is 0.545. The summed E-state index contributed by atoms with van der Waals surface area (Å²) in [4.78, 5) is 4.15. The predicted molar refractivity (Wildman–Crippen MR) is 70.1 cm³/mol. The van der Waals surface area contributed by atoms with Crippen molar-refractivity contribution in [2.75, 3.05) is 25.5 Å². The van der Waals surface area contributed by atoms with Crippen LogP contribution < -0.4 is 10.0 Å². The standard InChI is InChI=1S/C11H19N3O3S/c1-4-17-9(2)8-14-18(15,16)10-5-6-13-11(7-10)12-3/h5-7,9,14H,4,8H2,1-3H3,(H,12,13). The van der Waals surface area contributed by atoms with Gasteiger partial charge < -0.3 is 10.1 Å². The summed E-state index contributed by atoms with van der Waals surface area (Å²) in [6.45, 7) is 4.49. The van der Waals surface area contributed by atoms with Gasteiger partial charge in [-0.2, -0.15) is 0 Å². The van der Waals surface area contributed by atoms with E-state index in [1.165, 1.54) is 18.3 Å². The minimum absolute atomic E-state index is 0.157. The van der Waals surface area contributed by atoms with Crippen molar-refractivity contribution in [2.45, 2.75) is 24.8 Å². The number of pyridine rings is 1. The number of ether oxygens (including phenoxy) is 1. The number of anilines is 1. The Labute approximate surface area is 108 Å². The van der Waals surface area contributed by atoms with Crippen LogP contribution in [0.2, 0.25) is 0 Å². The summed E-state index contributed by atoms with van der Waals surface area (Å²) < 4.78 is 31.7. The number of hydrogen-bond acceptors (Lipinski definition) is 5. The van der Waals surface area contributed by atoms with Crippen molar-refractivity contribution < 1.29 is 13.2 Å². The van der Waals surface area contributed by atoms with E-state index in [1.54, 1.807) is 7.05 Å². The van der Waals surface area contributed by atoms with Crippen LogP contribution in [0, 0.1) is 0 Å². The van der Waals surface area contributed by atoms with Crippen LogP contribution in [0.15, 0.2) is 23.2 Å². The summed E-state index contributed by atoms with van der Waals surface area (Å²) in [5.41, 5.74) is 0. The Bertz CT molecular complexity index is 476. The molecule has 0 amide bonds. The maximum absolute atomic E-state index is 12.0. The van der Waals surface area contributed by atoms with Crippen molar-refractivity contribution in [1.82, 2.24) is 9.71 Å². The number of nitrogens with zero attached hydrogens (tertiary/aromatic N) is 1. The third-order valence-electron chi connectivity index (χ3n) is 2.31. The van der Waals surface area contributed by atoms with Crippen LogP contribution in [0.1, 0.15) is 13.8 Å². The average Bonchev–Trinajstić information content (AvgIpc) is 2.37. The fourth-order valence-electron chi connectivity index (χ4n) is 1.37. The first-order chi connectivity index (χ1) is 8.49. The Morgan fingerprint density at radius 2 is 2.22 bits per heavy atom. The lowest BCUT2D eigenvalue weighted by molar-refractivity contribution is 0.0799. The summed E-state index contributed by atoms with van der Waals surface area (Å²) >= 11 is 0. The second-order valence-electron chi connectivity index (χ2n) is 3.74. The lowest BCUT2D eigenvalue weighted by Gasteiger charge is -2.13. The molecule has 0 saturated carbocycles. The van der Waals surface area contributed by atoms with E-state index in [4.69, 9.17) is 4.74 Å². The van der Waals surface area contributed by atoms with Crippen molar-refractivity contribution in [3.63, 3.8) is 0 Å². The molecule has 0 aliphatic carbocycles. The number of hydrogen-bond donors (Lipinski definition) is 2. The van der Waals surface area contributed by atoms with Gasteiger partial charge in [-0.15, -0.1) is 0 Å². The quantitative estimate of drug-likeness (QED) is 0.769. The molecule has 1 aromatic rings. The molecular weight excluding hydrogens is 254 g/mol. The molecule has 0 bridgehead atoms. The van der Waals surface area contributed by atoms with Crippen molar-refractivity contribution in [2.24, 2.45) is 0 Å². The van der Waals surface area contributed by atoms with Gasteiger partial charge in [0.05, 0.1) is 11.0 Å². The lowest BCUT2D eigenvalue weighted by Crippen LogP contribution is -2.32. The first kappa shape index (κ1) is 14.9. The minimum Gasteiger partial charge on any atom is -0.377 e. The largest absolute Gasteiger partial charge is 0.377 e. The highest BCUT2D eigenvalue weighted by atomic mass is 32.2. The molecule has 1 rings (SSSR count). The van der Waals surface area contributed by atoms with Crippen LogP contribution in [0.5, 0.6) is 0 Å². The van der Waals surface area contributed by atoms with Gasteiger partial charge in [-0.05, 0) is 19.9 Å². The van der Waals surface area contributed by atoms with Crippen molar-refractivity contribution in [3.05, 3.63) is 18.3 Å². The average molecular weight is 273 g/mol. The van der Waals surface area contributed by atoms with Crippen LogP contribution in [0.3, 0.4) is 0 Å². The van der Waals surface area contributed by atoms with Gasteiger partial charge in [0.1, 0.15) is 5.82 Å². The smallest absolute Gasteiger partial charge is 0.240 e. The Kier molecular flexibility index (Phi) is 5.52. The Morgan fingerprint density at radius 1 is 1.50 bits per heavy atom. The molecule has 0 aliphatic heterocycles. The van der Waals surface area contributed by atoms with Gasteiger partial charge in [-0.1, -0.05) is 0 Å². The SMILES string of the molecule is CCOC(C)CNS(=O)(=O)c1ccnc(NC)c1. The molecule has 2 N–H and O–H groups in total. The van der Waals surface area contributed by atoms with E-state index < -0.39 is 10.0 Å². The molecule has 1 unspecified atom stereocenters. The minimum atomic E-state index is -3.52. The third-order valence-corrected chi connectivity index (χ3v) is 3.73. The van der Waals surface area contributed by atoms with Crippen LogP contribution in [0.4, 0.5) is 5.82 Å². The Hall–Kier alpha value is -1.18. The number of sulfonamides is 1. The molecule has 6 nitrogen and oxygen atoms in total. The summed E-state index contributed by atoms with van der Waals surface area (Å²) in [7, 11) is -1.83. The number of nitrogens with one attached hydrogen (secondary N) is 2. The van der Waals surface area contributed by atoms with Crippen molar-refractivity contribution in [1.29, 1.82) is 0 Å². The molecule has 0 spiro atoms. The molecule has 1 heterocycles. The predicted octanol–water partition coefficient (Wildman–Crippen LogP) is 0.827. The Morgan fingerprint density at radius 3 is 2.83 bits per heavy atom. The van der Waals surface area contributed by atoms with E-state index in [1.807, 2.05) is 13.8 Å². The van der Waals surface area contributed by atoms with Gasteiger partial charge in [-0.25, -0.2) is 18.1 Å². The van der Waals surface area contributed by atoms with Crippen LogP contribution in [-0.2, 0) is 14.8 Å². The van der Waals surface area contributed by atoms with Crippen molar-refractivity contribution >= 4 is 15.8 Å². The summed E-state index contributed by atoms with van der Waals surface area (Å²) in [6.07, 6.45) is 1.29. The van der Waals surface area contributed by atoms with Crippen LogP contribution >= 0.6 is 0 Å². The summed E-state index contributed by atoms with van der Waals surface area (Å²) in [6, 6.07) is 2.93. The van der Waals surface area contributed by atoms with Gasteiger partial charge in [0, 0.05) is 32.5 Å². The van der Waals surface area contributed by atoms with Crippen molar-refractivity contribution in [3.8, 4) is 0 Å². The molecule has 0 saturated heterocycles. The van der Waals surface area contributed by atoms with Gasteiger partial charge in [0.2, 0.25) is 10.0 Å².